The summed E-state index contributed by atoms with van der Waals surface area (Å²) < 4.78 is 12.6. The molecule has 0 radical (unpaired) electrons. The fraction of sp³-hybridized carbons (Fsp3) is 0.174. The maximum absolute atomic E-state index is 12.3. The van der Waals surface area contributed by atoms with E-state index in [2.05, 4.69) is 15.6 Å². The van der Waals surface area contributed by atoms with E-state index >= 15 is 0 Å². The summed E-state index contributed by atoms with van der Waals surface area (Å²) in [4.78, 5) is 12.3. The van der Waals surface area contributed by atoms with Crippen LogP contribution >= 0.6 is 0 Å². The molecule has 3 aromatic carbocycles. The molecule has 0 aliphatic heterocycles. The second kappa shape index (κ2) is 9.09. The Morgan fingerprint density at radius 2 is 1.70 bits per heavy atom. The molecule has 152 valence electrons. The van der Waals surface area contributed by atoms with E-state index in [9.17, 15) is 4.79 Å². The first-order valence-corrected chi connectivity index (χ1v) is 9.65. The first kappa shape index (κ1) is 19.4. The van der Waals surface area contributed by atoms with Crippen LogP contribution in [0.1, 0.15) is 15.9 Å². The normalized spacial score (nSPS) is 10.7. The first-order valence-electron chi connectivity index (χ1n) is 9.65. The van der Waals surface area contributed by atoms with Crippen molar-refractivity contribution < 1.29 is 14.3 Å². The van der Waals surface area contributed by atoms with E-state index in [1.54, 1.807) is 7.11 Å². The summed E-state index contributed by atoms with van der Waals surface area (Å²) in [6.07, 6.45) is 0. The van der Waals surface area contributed by atoms with Crippen molar-refractivity contribution in [3.05, 3.63) is 83.9 Å². The zero-order valence-electron chi connectivity index (χ0n) is 16.6. The van der Waals surface area contributed by atoms with Crippen molar-refractivity contribution in [2.45, 2.75) is 6.54 Å². The van der Waals surface area contributed by atoms with Crippen LogP contribution < -0.4 is 14.8 Å². The van der Waals surface area contributed by atoms with E-state index in [4.69, 9.17) is 9.47 Å². The number of hydrogen-bond donors (Lipinski definition) is 1. The third-order valence-corrected chi connectivity index (χ3v) is 4.68. The van der Waals surface area contributed by atoms with Gasteiger partial charge in [0, 0.05) is 5.56 Å². The summed E-state index contributed by atoms with van der Waals surface area (Å²) in [6, 6.07) is 22.6. The standard InChI is InChI=1S/C23H22N4O3/c1-29-19-10-12-20(13-11-19)30-15-14-24-23(28)18-8-6-17(7-9-18)16-27-22-5-3-2-4-21(22)25-26-27/h2-13H,14-16H2,1H3,(H,24,28). The van der Waals surface area contributed by atoms with Crippen LogP contribution in [0.4, 0.5) is 0 Å². The summed E-state index contributed by atoms with van der Waals surface area (Å²) >= 11 is 0. The second-order valence-corrected chi connectivity index (χ2v) is 6.71. The van der Waals surface area contributed by atoms with Gasteiger partial charge in [-0.2, -0.15) is 0 Å². The van der Waals surface area contributed by atoms with Crippen LogP contribution in [-0.4, -0.2) is 41.2 Å². The molecule has 4 rings (SSSR count). The second-order valence-electron chi connectivity index (χ2n) is 6.71. The molecule has 0 fully saturated rings. The van der Waals surface area contributed by atoms with Gasteiger partial charge in [-0.1, -0.05) is 29.5 Å². The highest BCUT2D eigenvalue weighted by molar-refractivity contribution is 5.94. The Bertz CT molecular complexity index is 1120. The maximum Gasteiger partial charge on any atom is 0.251 e. The summed E-state index contributed by atoms with van der Waals surface area (Å²) in [6.45, 7) is 1.39. The lowest BCUT2D eigenvalue weighted by Gasteiger charge is -2.09. The number of ether oxygens (including phenoxy) is 2. The number of carbonyl (C=O) groups is 1. The number of rotatable bonds is 8. The Morgan fingerprint density at radius 3 is 2.47 bits per heavy atom. The fourth-order valence-corrected chi connectivity index (χ4v) is 3.08. The lowest BCUT2D eigenvalue weighted by molar-refractivity contribution is 0.0947. The zero-order chi connectivity index (χ0) is 20.8. The third-order valence-electron chi connectivity index (χ3n) is 4.68. The molecule has 1 N–H and O–H groups in total. The van der Waals surface area contributed by atoms with E-state index in [0.29, 0.717) is 25.3 Å². The molecule has 0 saturated carbocycles. The molecule has 0 atom stereocenters. The number of para-hydroxylation sites is 1. The molecule has 7 nitrogen and oxygen atoms in total. The number of amides is 1. The Hall–Kier alpha value is -3.87. The van der Waals surface area contributed by atoms with Gasteiger partial charge in [-0.05, 0) is 54.1 Å². The summed E-state index contributed by atoms with van der Waals surface area (Å²) in [7, 11) is 1.62. The molecule has 1 heterocycles. The average Bonchev–Trinajstić information content (AvgIpc) is 3.20. The van der Waals surface area contributed by atoms with Crippen LogP contribution in [0.3, 0.4) is 0 Å². The molecule has 0 unspecified atom stereocenters. The maximum atomic E-state index is 12.3. The quantitative estimate of drug-likeness (QED) is 0.458. The van der Waals surface area contributed by atoms with Crippen molar-refractivity contribution in [2.24, 2.45) is 0 Å². The molecule has 1 amide bonds. The molecule has 0 saturated heterocycles. The van der Waals surface area contributed by atoms with Crippen LogP contribution in [0, 0.1) is 0 Å². The van der Waals surface area contributed by atoms with Gasteiger partial charge >= 0.3 is 0 Å². The van der Waals surface area contributed by atoms with Crippen molar-refractivity contribution in [3.8, 4) is 11.5 Å². The predicted molar refractivity (Wildman–Crippen MR) is 114 cm³/mol. The van der Waals surface area contributed by atoms with Gasteiger partial charge in [-0.15, -0.1) is 5.10 Å². The molecule has 30 heavy (non-hydrogen) atoms. The van der Waals surface area contributed by atoms with Crippen molar-refractivity contribution in [1.82, 2.24) is 20.3 Å². The van der Waals surface area contributed by atoms with Crippen molar-refractivity contribution in [1.29, 1.82) is 0 Å². The van der Waals surface area contributed by atoms with Crippen LogP contribution in [0.5, 0.6) is 11.5 Å². The van der Waals surface area contributed by atoms with Crippen LogP contribution in [0.25, 0.3) is 11.0 Å². The lowest BCUT2D eigenvalue weighted by Crippen LogP contribution is -2.28. The number of nitrogens with zero attached hydrogens (tertiary/aromatic N) is 3. The van der Waals surface area contributed by atoms with E-state index in [1.165, 1.54) is 0 Å². The number of nitrogens with one attached hydrogen (secondary N) is 1. The third kappa shape index (κ3) is 4.57. The molecule has 1 aromatic heterocycles. The fourth-order valence-electron chi connectivity index (χ4n) is 3.08. The van der Waals surface area contributed by atoms with Gasteiger partial charge in [0.2, 0.25) is 0 Å². The molecule has 0 bridgehead atoms. The number of carbonyl (C=O) groups excluding carboxylic acids is 1. The van der Waals surface area contributed by atoms with Crippen LogP contribution in [0.2, 0.25) is 0 Å². The lowest BCUT2D eigenvalue weighted by atomic mass is 10.1. The predicted octanol–water partition coefficient (Wildman–Crippen LogP) is 3.30. The number of hydrogen-bond acceptors (Lipinski definition) is 5. The minimum Gasteiger partial charge on any atom is -0.497 e. The van der Waals surface area contributed by atoms with Gasteiger partial charge in [0.15, 0.2) is 0 Å². The summed E-state index contributed by atoms with van der Waals surface area (Å²) in [5.41, 5.74) is 3.50. The molecule has 7 heteroatoms. The van der Waals surface area contributed by atoms with Crippen LogP contribution in [0.15, 0.2) is 72.8 Å². The van der Waals surface area contributed by atoms with Gasteiger partial charge in [-0.25, -0.2) is 4.68 Å². The zero-order valence-corrected chi connectivity index (χ0v) is 16.6. The molecule has 0 spiro atoms. The van der Waals surface area contributed by atoms with Crippen molar-refractivity contribution in [2.75, 3.05) is 20.3 Å². The smallest absolute Gasteiger partial charge is 0.251 e. The largest absolute Gasteiger partial charge is 0.497 e. The van der Waals surface area contributed by atoms with E-state index < -0.39 is 0 Å². The Kier molecular flexibility index (Phi) is 5.89. The molecule has 0 aliphatic carbocycles. The van der Waals surface area contributed by atoms with Gasteiger partial charge in [-0.3, -0.25) is 4.79 Å². The number of benzene rings is 3. The number of aromatic nitrogens is 3. The van der Waals surface area contributed by atoms with Gasteiger partial charge in [0.25, 0.3) is 5.91 Å². The SMILES string of the molecule is COc1ccc(OCCNC(=O)c2ccc(Cn3nnc4ccccc43)cc2)cc1. The molecular weight excluding hydrogens is 380 g/mol. The minimum atomic E-state index is -0.133. The van der Waals surface area contributed by atoms with Gasteiger partial charge in [0.1, 0.15) is 23.6 Å². The first-order chi connectivity index (χ1) is 14.7. The van der Waals surface area contributed by atoms with Crippen molar-refractivity contribution in [3.63, 3.8) is 0 Å². The molecule has 0 aliphatic rings. The molecular formula is C23H22N4O3. The highest BCUT2D eigenvalue weighted by atomic mass is 16.5. The highest BCUT2D eigenvalue weighted by Gasteiger charge is 2.07. The van der Waals surface area contributed by atoms with E-state index in [0.717, 1.165) is 28.1 Å². The Labute approximate surface area is 174 Å². The molecule has 4 aromatic rings. The summed E-state index contributed by atoms with van der Waals surface area (Å²) in [5.74, 6) is 1.37. The average molecular weight is 402 g/mol. The summed E-state index contributed by atoms with van der Waals surface area (Å²) in [5, 5.41) is 11.2. The van der Waals surface area contributed by atoms with Crippen LogP contribution in [-0.2, 0) is 6.54 Å². The monoisotopic (exact) mass is 402 g/mol. The highest BCUT2D eigenvalue weighted by Crippen LogP contribution is 2.17. The Morgan fingerprint density at radius 1 is 0.967 bits per heavy atom. The number of methoxy groups -OCH3 is 1. The minimum absolute atomic E-state index is 0.133. The van der Waals surface area contributed by atoms with Gasteiger partial charge in [0.05, 0.1) is 25.7 Å². The van der Waals surface area contributed by atoms with E-state index in [-0.39, 0.29) is 5.91 Å². The number of fused-ring (bicyclic) bond motifs is 1. The van der Waals surface area contributed by atoms with Crippen molar-refractivity contribution >= 4 is 16.9 Å². The topological polar surface area (TPSA) is 78.3 Å². The van der Waals surface area contributed by atoms with Gasteiger partial charge < -0.3 is 14.8 Å². The van der Waals surface area contributed by atoms with E-state index in [1.807, 2.05) is 77.5 Å². The Balaban J connectivity index is 1.27.